The summed E-state index contributed by atoms with van der Waals surface area (Å²) in [5.41, 5.74) is 0.927. The summed E-state index contributed by atoms with van der Waals surface area (Å²) in [5.74, 6) is 1.21. The third kappa shape index (κ3) is 3.64. The Morgan fingerprint density at radius 2 is 1.93 bits per heavy atom. The van der Waals surface area contributed by atoms with Crippen LogP contribution in [0.25, 0.3) is 5.82 Å². The van der Waals surface area contributed by atoms with Crippen LogP contribution in [-0.2, 0) is 0 Å². The number of anilines is 2. The number of nitrogens with zero attached hydrogens (tertiary/aromatic N) is 6. The van der Waals surface area contributed by atoms with Crippen LogP contribution in [0.4, 0.5) is 20.7 Å². The highest BCUT2D eigenvalue weighted by Crippen LogP contribution is 2.19. The molecule has 1 saturated heterocycles. The Hall–Kier alpha value is -3.49. The number of nitrogens with one attached hydrogen (secondary N) is 1. The molecule has 3 aromatic rings. The maximum Gasteiger partial charge on any atom is 0.321 e. The van der Waals surface area contributed by atoms with Gasteiger partial charge in [0.1, 0.15) is 30.1 Å². The van der Waals surface area contributed by atoms with Crippen LogP contribution in [-0.4, -0.2) is 56.6 Å². The standard InChI is InChI=1S/C19H20FN7O/c1-14-15(20)3-2-4-16(14)24-19(28)26-9-7-25(8-10-26)17-11-18(23-12-22-17)27-6-5-21-13-27/h2-6,11-13H,7-10H2,1H3,(H,24,28). The van der Waals surface area contributed by atoms with Crippen molar-refractivity contribution in [2.45, 2.75) is 6.92 Å². The van der Waals surface area contributed by atoms with Gasteiger partial charge in [-0.05, 0) is 19.1 Å². The minimum atomic E-state index is -0.333. The van der Waals surface area contributed by atoms with Crippen molar-refractivity contribution >= 4 is 17.5 Å². The largest absolute Gasteiger partial charge is 0.353 e. The van der Waals surface area contributed by atoms with Gasteiger partial charge in [-0.3, -0.25) is 4.57 Å². The molecule has 1 aromatic carbocycles. The molecule has 2 amide bonds. The second-order valence-electron chi connectivity index (χ2n) is 6.52. The fourth-order valence-corrected chi connectivity index (χ4v) is 3.12. The Morgan fingerprint density at radius 3 is 2.68 bits per heavy atom. The summed E-state index contributed by atoms with van der Waals surface area (Å²) < 4.78 is 15.5. The lowest BCUT2D eigenvalue weighted by Crippen LogP contribution is -2.50. The van der Waals surface area contributed by atoms with E-state index in [1.165, 1.54) is 12.4 Å². The zero-order valence-corrected chi connectivity index (χ0v) is 15.4. The molecule has 4 rings (SSSR count). The Balaban J connectivity index is 1.39. The highest BCUT2D eigenvalue weighted by Gasteiger charge is 2.23. The minimum absolute atomic E-state index is 0.227. The van der Waals surface area contributed by atoms with Crippen LogP contribution in [0.1, 0.15) is 5.56 Å². The second kappa shape index (κ2) is 7.63. The molecule has 2 aromatic heterocycles. The summed E-state index contributed by atoms with van der Waals surface area (Å²) in [5, 5.41) is 2.80. The van der Waals surface area contributed by atoms with Gasteiger partial charge in [-0.1, -0.05) is 6.07 Å². The van der Waals surface area contributed by atoms with E-state index in [1.807, 2.05) is 16.8 Å². The fraction of sp³-hybridized carbons (Fsp3) is 0.263. The summed E-state index contributed by atoms with van der Waals surface area (Å²) >= 11 is 0. The summed E-state index contributed by atoms with van der Waals surface area (Å²) in [4.78, 5) is 29.0. The van der Waals surface area contributed by atoms with Crippen molar-refractivity contribution in [3.63, 3.8) is 0 Å². The van der Waals surface area contributed by atoms with Gasteiger partial charge >= 0.3 is 6.03 Å². The molecule has 0 bridgehead atoms. The lowest BCUT2D eigenvalue weighted by Gasteiger charge is -2.35. The van der Waals surface area contributed by atoms with Crippen LogP contribution in [0.15, 0.2) is 49.3 Å². The van der Waals surface area contributed by atoms with Gasteiger partial charge in [0.05, 0.1) is 0 Å². The number of imidazole rings is 1. The Kier molecular flexibility index (Phi) is 4.88. The molecule has 9 heteroatoms. The molecule has 0 spiro atoms. The predicted octanol–water partition coefficient (Wildman–Crippen LogP) is 2.46. The van der Waals surface area contributed by atoms with E-state index in [0.717, 1.165) is 11.6 Å². The van der Waals surface area contributed by atoms with Gasteiger partial charge in [-0.25, -0.2) is 24.1 Å². The maximum absolute atomic E-state index is 13.7. The molecule has 0 unspecified atom stereocenters. The van der Waals surface area contributed by atoms with E-state index in [1.54, 1.807) is 36.5 Å². The van der Waals surface area contributed by atoms with Gasteiger partial charge < -0.3 is 15.1 Å². The topological polar surface area (TPSA) is 79.2 Å². The Morgan fingerprint density at radius 1 is 1.14 bits per heavy atom. The number of aromatic nitrogens is 4. The average molecular weight is 381 g/mol. The average Bonchev–Trinajstić information content (AvgIpc) is 3.27. The summed E-state index contributed by atoms with van der Waals surface area (Å²) in [6, 6.07) is 6.33. The van der Waals surface area contributed by atoms with Crippen LogP contribution in [0.2, 0.25) is 0 Å². The number of carbonyl (C=O) groups is 1. The molecule has 1 N–H and O–H groups in total. The van der Waals surface area contributed by atoms with Gasteiger partial charge in [0.2, 0.25) is 0 Å². The van der Waals surface area contributed by atoms with Crippen molar-refractivity contribution in [1.82, 2.24) is 24.4 Å². The zero-order valence-electron chi connectivity index (χ0n) is 15.4. The lowest BCUT2D eigenvalue weighted by atomic mass is 10.2. The van der Waals surface area contributed by atoms with Crippen molar-refractivity contribution in [2.75, 3.05) is 36.4 Å². The summed E-state index contributed by atoms with van der Waals surface area (Å²) in [6.45, 7) is 4.04. The van der Waals surface area contributed by atoms with Crippen LogP contribution >= 0.6 is 0 Å². The third-order valence-electron chi connectivity index (χ3n) is 4.81. The first-order valence-electron chi connectivity index (χ1n) is 8.98. The molecule has 0 saturated carbocycles. The number of piperazine rings is 1. The van der Waals surface area contributed by atoms with Crippen molar-refractivity contribution in [3.05, 3.63) is 60.7 Å². The predicted molar refractivity (Wildman–Crippen MR) is 103 cm³/mol. The fourth-order valence-electron chi connectivity index (χ4n) is 3.12. The molecular formula is C19H20FN7O. The van der Waals surface area contributed by atoms with Gasteiger partial charge in [0.25, 0.3) is 0 Å². The molecule has 8 nitrogen and oxygen atoms in total. The molecule has 1 fully saturated rings. The van der Waals surface area contributed by atoms with Crippen LogP contribution in [0.3, 0.4) is 0 Å². The van der Waals surface area contributed by atoms with Gasteiger partial charge in [0.15, 0.2) is 0 Å². The number of amides is 2. The second-order valence-corrected chi connectivity index (χ2v) is 6.52. The molecule has 1 aliphatic heterocycles. The number of halogens is 1. The molecule has 144 valence electrons. The van der Waals surface area contributed by atoms with Crippen LogP contribution in [0.5, 0.6) is 0 Å². The normalized spacial score (nSPS) is 14.2. The van der Waals surface area contributed by atoms with Crippen LogP contribution < -0.4 is 10.2 Å². The van der Waals surface area contributed by atoms with E-state index < -0.39 is 0 Å². The molecule has 0 atom stereocenters. The smallest absolute Gasteiger partial charge is 0.321 e. The van der Waals surface area contributed by atoms with Crippen molar-refractivity contribution < 1.29 is 9.18 Å². The number of carbonyl (C=O) groups excluding carboxylic acids is 1. The van der Waals surface area contributed by atoms with Crippen LogP contribution in [0, 0.1) is 12.7 Å². The first kappa shape index (κ1) is 17.9. The Bertz CT molecular complexity index is 968. The minimum Gasteiger partial charge on any atom is -0.353 e. The zero-order chi connectivity index (χ0) is 19.5. The molecule has 0 radical (unpaired) electrons. The van der Waals surface area contributed by atoms with E-state index in [9.17, 15) is 9.18 Å². The number of rotatable bonds is 3. The summed E-state index contributed by atoms with van der Waals surface area (Å²) in [7, 11) is 0. The SMILES string of the molecule is Cc1c(F)cccc1NC(=O)N1CCN(c2cc(-n3ccnc3)ncn2)CC1. The van der Waals surface area contributed by atoms with E-state index in [4.69, 9.17) is 0 Å². The van der Waals surface area contributed by atoms with Gasteiger partial charge in [-0.2, -0.15) is 0 Å². The monoisotopic (exact) mass is 381 g/mol. The molecule has 28 heavy (non-hydrogen) atoms. The maximum atomic E-state index is 13.7. The number of hydrogen-bond donors (Lipinski definition) is 1. The quantitative estimate of drug-likeness (QED) is 0.754. The number of urea groups is 1. The molecule has 1 aliphatic rings. The third-order valence-corrected chi connectivity index (χ3v) is 4.81. The molecular weight excluding hydrogens is 361 g/mol. The first-order valence-corrected chi connectivity index (χ1v) is 8.98. The Labute approximate surface area is 161 Å². The van der Waals surface area contributed by atoms with E-state index in [-0.39, 0.29) is 11.8 Å². The van der Waals surface area contributed by atoms with E-state index in [2.05, 4.69) is 25.2 Å². The molecule has 3 heterocycles. The molecule has 0 aliphatic carbocycles. The lowest BCUT2D eigenvalue weighted by molar-refractivity contribution is 0.208. The highest BCUT2D eigenvalue weighted by molar-refractivity contribution is 5.90. The first-order chi connectivity index (χ1) is 13.6. The van der Waals surface area contributed by atoms with Gasteiger partial charge in [0, 0.05) is 55.9 Å². The number of benzene rings is 1. The van der Waals surface area contributed by atoms with E-state index in [0.29, 0.717) is 37.4 Å². The highest BCUT2D eigenvalue weighted by atomic mass is 19.1. The van der Waals surface area contributed by atoms with E-state index >= 15 is 0 Å². The van der Waals surface area contributed by atoms with Gasteiger partial charge in [-0.15, -0.1) is 0 Å². The van der Waals surface area contributed by atoms with Crippen molar-refractivity contribution in [3.8, 4) is 5.82 Å². The summed E-state index contributed by atoms with van der Waals surface area (Å²) in [6.07, 6.45) is 6.72. The van der Waals surface area contributed by atoms with Crippen molar-refractivity contribution in [2.24, 2.45) is 0 Å². The van der Waals surface area contributed by atoms with Crippen molar-refractivity contribution in [1.29, 1.82) is 0 Å². The number of hydrogen-bond acceptors (Lipinski definition) is 5.